The maximum absolute atomic E-state index is 10.8. The fourth-order valence-corrected chi connectivity index (χ4v) is 0.525. The average molecular weight is 144 g/mol. The molecule has 0 bridgehead atoms. The van der Waals surface area contributed by atoms with Crippen LogP contribution >= 0.6 is 0 Å². The van der Waals surface area contributed by atoms with E-state index >= 15 is 0 Å². The lowest BCUT2D eigenvalue weighted by molar-refractivity contribution is -0.118. The van der Waals surface area contributed by atoms with E-state index in [0.717, 1.165) is 0 Å². The van der Waals surface area contributed by atoms with Crippen molar-refractivity contribution >= 4 is 5.78 Å². The summed E-state index contributed by atoms with van der Waals surface area (Å²) in [5.74, 6) is 0.0937. The molecule has 3 heteroatoms. The zero-order valence-corrected chi connectivity index (χ0v) is 6.92. The fourth-order valence-electron chi connectivity index (χ4n) is 0.525. The molecular formula is C7H16N2O. The van der Waals surface area contributed by atoms with Crippen LogP contribution in [0.25, 0.3) is 0 Å². The zero-order valence-electron chi connectivity index (χ0n) is 6.92. The van der Waals surface area contributed by atoms with Crippen molar-refractivity contribution in [3.63, 3.8) is 0 Å². The Kier molecular flexibility index (Phi) is 4.23. The van der Waals surface area contributed by atoms with E-state index < -0.39 is 0 Å². The first kappa shape index (κ1) is 9.59. The Morgan fingerprint density at radius 1 is 1.60 bits per heavy atom. The van der Waals surface area contributed by atoms with Crippen LogP contribution in [0.5, 0.6) is 0 Å². The van der Waals surface area contributed by atoms with Gasteiger partial charge in [0.25, 0.3) is 0 Å². The van der Waals surface area contributed by atoms with Crippen LogP contribution in [0.2, 0.25) is 0 Å². The SMILES string of the molecule is CC(C)N(C)CC(=O)CN. The highest BCUT2D eigenvalue weighted by Crippen LogP contribution is 1.91. The number of nitrogens with zero attached hydrogens (tertiary/aromatic N) is 1. The highest BCUT2D eigenvalue weighted by molar-refractivity contribution is 5.82. The number of ketones is 1. The van der Waals surface area contributed by atoms with Crippen molar-refractivity contribution in [3.8, 4) is 0 Å². The van der Waals surface area contributed by atoms with Crippen LogP contribution in [0.1, 0.15) is 13.8 Å². The summed E-state index contributed by atoms with van der Waals surface area (Å²) in [4.78, 5) is 12.7. The van der Waals surface area contributed by atoms with Gasteiger partial charge in [-0.25, -0.2) is 0 Å². The van der Waals surface area contributed by atoms with E-state index in [1.165, 1.54) is 0 Å². The van der Waals surface area contributed by atoms with E-state index in [1.807, 2.05) is 25.8 Å². The summed E-state index contributed by atoms with van der Waals surface area (Å²) >= 11 is 0. The first-order valence-corrected chi connectivity index (χ1v) is 3.50. The molecule has 3 nitrogen and oxygen atoms in total. The third-order valence-electron chi connectivity index (χ3n) is 1.53. The van der Waals surface area contributed by atoms with Crippen LogP contribution in [0.4, 0.5) is 0 Å². The maximum atomic E-state index is 10.8. The molecule has 0 aromatic carbocycles. The quantitative estimate of drug-likeness (QED) is 0.597. The molecule has 0 unspecified atom stereocenters. The monoisotopic (exact) mass is 144 g/mol. The van der Waals surface area contributed by atoms with E-state index in [0.29, 0.717) is 12.6 Å². The second kappa shape index (κ2) is 4.41. The topological polar surface area (TPSA) is 46.3 Å². The highest BCUT2D eigenvalue weighted by atomic mass is 16.1. The summed E-state index contributed by atoms with van der Waals surface area (Å²) in [7, 11) is 1.91. The summed E-state index contributed by atoms with van der Waals surface area (Å²) in [5.41, 5.74) is 5.14. The Labute approximate surface area is 62.2 Å². The molecule has 0 atom stereocenters. The Bertz CT molecular complexity index is 112. The molecule has 0 aromatic heterocycles. The highest BCUT2D eigenvalue weighted by Gasteiger charge is 2.06. The predicted octanol–water partition coefficient (Wildman–Crippen LogP) is -0.146. The number of hydrogen-bond acceptors (Lipinski definition) is 3. The van der Waals surface area contributed by atoms with Crippen LogP contribution in [0.15, 0.2) is 0 Å². The molecule has 10 heavy (non-hydrogen) atoms. The van der Waals surface area contributed by atoms with Gasteiger partial charge >= 0.3 is 0 Å². The molecule has 0 saturated heterocycles. The largest absolute Gasteiger partial charge is 0.324 e. The van der Waals surface area contributed by atoms with Gasteiger partial charge in [0.05, 0.1) is 13.1 Å². The van der Waals surface area contributed by atoms with Crippen LogP contribution in [0, 0.1) is 0 Å². The van der Waals surface area contributed by atoms with E-state index in [2.05, 4.69) is 0 Å². The first-order chi connectivity index (χ1) is 4.57. The Balaban J connectivity index is 3.57. The normalized spacial score (nSPS) is 11.0. The van der Waals surface area contributed by atoms with Crippen LogP contribution < -0.4 is 5.73 Å². The number of carbonyl (C=O) groups is 1. The molecule has 0 amide bonds. The molecule has 0 aliphatic carbocycles. The van der Waals surface area contributed by atoms with Gasteiger partial charge in [-0.1, -0.05) is 0 Å². The summed E-state index contributed by atoms with van der Waals surface area (Å²) in [6, 6.07) is 0.412. The smallest absolute Gasteiger partial charge is 0.160 e. The molecule has 0 saturated carbocycles. The summed E-state index contributed by atoms with van der Waals surface area (Å²) < 4.78 is 0. The number of Topliss-reactive ketones (excluding diaryl/α,β-unsaturated/α-hetero) is 1. The Morgan fingerprint density at radius 3 is 2.40 bits per heavy atom. The third-order valence-corrected chi connectivity index (χ3v) is 1.53. The van der Waals surface area contributed by atoms with Crippen molar-refractivity contribution in [3.05, 3.63) is 0 Å². The summed E-state index contributed by atoms with van der Waals surface area (Å²) in [6.07, 6.45) is 0. The van der Waals surface area contributed by atoms with Gasteiger partial charge in [-0.2, -0.15) is 0 Å². The lowest BCUT2D eigenvalue weighted by Gasteiger charge is -2.19. The molecule has 0 radical (unpaired) electrons. The number of carbonyl (C=O) groups excluding carboxylic acids is 1. The Morgan fingerprint density at radius 2 is 2.10 bits per heavy atom. The molecule has 2 N–H and O–H groups in total. The molecule has 0 aromatic rings. The number of nitrogens with two attached hydrogens (primary N) is 1. The van der Waals surface area contributed by atoms with Crippen LogP contribution in [0.3, 0.4) is 0 Å². The molecule has 0 spiro atoms. The van der Waals surface area contributed by atoms with E-state index in [-0.39, 0.29) is 12.3 Å². The van der Waals surface area contributed by atoms with Crippen molar-refractivity contribution in [2.24, 2.45) is 5.73 Å². The standard InChI is InChI=1S/C7H16N2O/c1-6(2)9(3)5-7(10)4-8/h6H,4-5,8H2,1-3H3. The molecule has 60 valence electrons. The van der Waals surface area contributed by atoms with Gasteiger partial charge in [-0.05, 0) is 20.9 Å². The second-order valence-electron chi connectivity index (χ2n) is 2.75. The fraction of sp³-hybridized carbons (Fsp3) is 0.857. The van der Waals surface area contributed by atoms with Crippen molar-refractivity contribution in [1.82, 2.24) is 4.90 Å². The van der Waals surface area contributed by atoms with Gasteiger partial charge in [-0.3, -0.25) is 9.69 Å². The summed E-state index contributed by atoms with van der Waals surface area (Å²) in [5, 5.41) is 0. The minimum Gasteiger partial charge on any atom is -0.324 e. The van der Waals surface area contributed by atoms with Gasteiger partial charge in [0.2, 0.25) is 0 Å². The molecule has 0 aliphatic rings. The van der Waals surface area contributed by atoms with Crippen LogP contribution in [-0.2, 0) is 4.79 Å². The molecule has 0 heterocycles. The second-order valence-corrected chi connectivity index (χ2v) is 2.75. The van der Waals surface area contributed by atoms with E-state index in [9.17, 15) is 4.79 Å². The van der Waals surface area contributed by atoms with Crippen LogP contribution in [-0.4, -0.2) is 36.9 Å². The lowest BCUT2D eigenvalue weighted by Crippen LogP contribution is -2.34. The van der Waals surface area contributed by atoms with Crippen molar-refractivity contribution in [2.45, 2.75) is 19.9 Å². The van der Waals surface area contributed by atoms with Gasteiger partial charge in [-0.15, -0.1) is 0 Å². The van der Waals surface area contributed by atoms with Gasteiger partial charge < -0.3 is 5.73 Å². The average Bonchev–Trinajstić information content (AvgIpc) is 1.87. The third kappa shape index (κ3) is 3.58. The van der Waals surface area contributed by atoms with Crippen molar-refractivity contribution in [2.75, 3.05) is 20.1 Å². The zero-order chi connectivity index (χ0) is 8.15. The van der Waals surface area contributed by atoms with E-state index in [4.69, 9.17) is 5.73 Å². The molecule has 0 rings (SSSR count). The van der Waals surface area contributed by atoms with Crippen molar-refractivity contribution < 1.29 is 4.79 Å². The number of hydrogen-bond donors (Lipinski definition) is 1. The first-order valence-electron chi connectivity index (χ1n) is 3.50. The lowest BCUT2D eigenvalue weighted by atomic mass is 10.3. The molecule has 0 aliphatic heterocycles. The minimum absolute atomic E-state index is 0.0937. The minimum atomic E-state index is 0.0937. The van der Waals surface area contributed by atoms with Crippen molar-refractivity contribution in [1.29, 1.82) is 0 Å². The van der Waals surface area contributed by atoms with E-state index in [1.54, 1.807) is 0 Å². The molecular weight excluding hydrogens is 128 g/mol. The predicted molar refractivity (Wildman–Crippen MR) is 41.8 cm³/mol. The van der Waals surface area contributed by atoms with Gasteiger partial charge in [0.1, 0.15) is 0 Å². The molecule has 0 fully saturated rings. The summed E-state index contributed by atoms with van der Waals surface area (Å²) in [6.45, 7) is 4.71. The number of likely N-dealkylation sites (N-methyl/N-ethyl adjacent to an activating group) is 1. The Hall–Kier alpha value is -0.410. The number of rotatable bonds is 4. The maximum Gasteiger partial charge on any atom is 0.160 e. The van der Waals surface area contributed by atoms with Gasteiger partial charge in [0, 0.05) is 6.04 Å². The van der Waals surface area contributed by atoms with Gasteiger partial charge in [0.15, 0.2) is 5.78 Å².